The van der Waals surface area contributed by atoms with E-state index in [-0.39, 0.29) is 5.91 Å². The van der Waals surface area contributed by atoms with Gasteiger partial charge in [0.15, 0.2) is 0 Å². The van der Waals surface area contributed by atoms with E-state index >= 15 is 0 Å². The van der Waals surface area contributed by atoms with Crippen molar-refractivity contribution < 1.29 is 4.79 Å². The van der Waals surface area contributed by atoms with Crippen LogP contribution in [0.3, 0.4) is 0 Å². The van der Waals surface area contributed by atoms with Crippen LogP contribution >= 0.6 is 0 Å². The van der Waals surface area contributed by atoms with E-state index in [0.29, 0.717) is 18.0 Å². The Morgan fingerprint density at radius 2 is 1.87 bits per heavy atom. The van der Waals surface area contributed by atoms with E-state index in [1.54, 1.807) is 0 Å². The van der Waals surface area contributed by atoms with Gasteiger partial charge < -0.3 is 9.80 Å². The van der Waals surface area contributed by atoms with Gasteiger partial charge >= 0.3 is 0 Å². The van der Waals surface area contributed by atoms with Crippen LogP contribution in [0.5, 0.6) is 0 Å². The Bertz CT molecular complexity index is 834. The number of allylic oxidation sites excluding steroid dienone is 1. The maximum absolute atomic E-state index is 13.9. The lowest BCUT2D eigenvalue weighted by Gasteiger charge is -2.24. The Hall–Kier alpha value is -2.36. The third-order valence-corrected chi connectivity index (χ3v) is 6.10. The Morgan fingerprint density at radius 1 is 1.17 bits per heavy atom. The molecule has 0 saturated carbocycles. The monoisotopic (exact) mass is 409 g/mol. The average Bonchev–Trinajstić information content (AvgIpc) is 2.85. The SMILES string of the molecule is CCCc1ccccc1N1CCN(C)C(N=C(C)C(C)CC)=C(/C=C(/C)CC)C1=O. The molecule has 30 heavy (non-hydrogen) atoms. The van der Waals surface area contributed by atoms with E-state index < -0.39 is 0 Å². The summed E-state index contributed by atoms with van der Waals surface area (Å²) in [7, 11) is 2.05. The van der Waals surface area contributed by atoms with Gasteiger partial charge in [0.05, 0.1) is 5.57 Å². The van der Waals surface area contributed by atoms with Crippen LogP contribution in [0.4, 0.5) is 5.69 Å². The average molecular weight is 410 g/mol. The number of rotatable bonds is 8. The Kier molecular flexibility index (Phi) is 8.88. The molecule has 1 unspecified atom stereocenters. The van der Waals surface area contributed by atoms with Gasteiger partial charge in [0.25, 0.3) is 5.91 Å². The van der Waals surface area contributed by atoms with Crippen molar-refractivity contribution in [3.63, 3.8) is 0 Å². The van der Waals surface area contributed by atoms with Crippen LogP contribution < -0.4 is 4.90 Å². The fourth-order valence-corrected chi connectivity index (χ4v) is 3.58. The van der Waals surface area contributed by atoms with Crippen LogP contribution in [0.25, 0.3) is 0 Å². The molecule has 0 radical (unpaired) electrons. The van der Waals surface area contributed by atoms with Crippen molar-refractivity contribution in [1.29, 1.82) is 0 Å². The van der Waals surface area contributed by atoms with Gasteiger partial charge in [0.1, 0.15) is 5.82 Å². The summed E-state index contributed by atoms with van der Waals surface area (Å²) in [6.45, 7) is 14.2. The Labute approximate surface area is 183 Å². The third-order valence-electron chi connectivity index (χ3n) is 6.10. The molecule has 0 fully saturated rings. The molecule has 1 atom stereocenters. The molecule has 0 aliphatic carbocycles. The summed E-state index contributed by atoms with van der Waals surface area (Å²) < 4.78 is 0. The van der Waals surface area contributed by atoms with Gasteiger partial charge in [0, 0.05) is 31.5 Å². The smallest absolute Gasteiger partial charge is 0.262 e. The predicted molar refractivity (Wildman–Crippen MR) is 129 cm³/mol. The number of amides is 1. The van der Waals surface area contributed by atoms with Gasteiger partial charge in [-0.3, -0.25) is 4.79 Å². The highest BCUT2D eigenvalue weighted by Gasteiger charge is 2.29. The Balaban J connectivity index is 2.65. The molecule has 164 valence electrons. The number of nitrogens with zero attached hydrogens (tertiary/aromatic N) is 3. The highest BCUT2D eigenvalue weighted by molar-refractivity contribution is 6.09. The fraction of sp³-hybridized carbons (Fsp3) is 0.538. The molecule has 1 aromatic carbocycles. The molecule has 2 rings (SSSR count). The summed E-state index contributed by atoms with van der Waals surface area (Å²) in [5.41, 5.74) is 5.22. The molecule has 1 aliphatic heterocycles. The van der Waals surface area contributed by atoms with Crippen LogP contribution in [0.1, 0.15) is 66.4 Å². The lowest BCUT2D eigenvalue weighted by Crippen LogP contribution is -2.34. The topological polar surface area (TPSA) is 35.9 Å². The number of benzene rings is 1. The number of carbonyl (C=O) groups excluding carboxylic acids is 1. The van der Waals surface area contributed by atoms with Crippen molar-refractivity contribution in [3.05, 3.63) is 52.9 Å². The Morgan fingerprint density at radius 3 is 2.50 bits per heavy atom. The summed E-state index contributed by atoms with van der Waals surface area (Å²) in [6, 6.07) is 8.31. The maximum atomic E-state index is 13.9. The molecular formula is C26H39N3O. The quantitative estimate of drug-likeness (QED) is 0.494. The highest BCUT2D eigenvalue weighted by atomic mass is 16.2. The first-order chi connectivity index (χ1) is 14.3. The molecule has 0 aromatic heterocycles. The second-order valence-corrected chi connectivity index (χ2v) is 8.40. The molecule has 1 aliphatic rings. The summed E-state index contributed by atoms with van der Waals surface area (Å²) in [4.78, 5) is 22.9. The third kappa shape index (κ3) is 5.62. The standard InChI is InChI=1S/C26H39N3O/c1-8-13-22-14-11-12-15-24(22)29-17-16-28(7)25(27-21(6)20(5)10-3)23(26(29)30)18-19(4)9-2/h11-12,14-15,18,20H,8-10,13,16-17H2,1-7H3/b19-18-,27-21?. The van der Waals surface area contributed by atoms with Crippen LogP contribution in [0.2, 0.25) is 0 Å². The van der Waals surface area contributed by atoms with Gasteiger partial charge in [-0.05, 0) is 56.7 Å². The molecule has 0 N–H and O–H groups in total. The zero-order valence-electron chi connectivity index (χ0n) is 20.0. The second-order valence-electron chi connectivity index (χ2n) is 8.40. The summed E-state index contributed by atoms with van der Waals surface area (Å²) in [5, 5.41) is 0. The molecule has 0 bridgehead atoms. The molecule has 1 heterocycles. The molecular weight excluding hydrogens is 370 g/mol. The minimum Gasteiger partial charge on any atom is -0.357 e. The van der Waals surface area contributed by atoms with Crippen molar-refractivity contribution in [2.45, 2.75) is 67.2 Å². The lowest BCUT2D eigenvalue weighted by atomic mass is 10.0. The summed E-state index contributed by atoms with van der Waals surface area (Å²) in [5.74, 6) is 1.23. The van der Waals surface area contributed by atoms with Crippen molar-refractivity contribution in [1.82, 2.24) is 4.90 Å². The van der Waals surface area contributed by atoms with Crippen molar-refractivity contribution in [2.75, 3.05) is 25.0 Å². The van der Waals surface area contributed by atoms with Gasteiger partial charge in [-0.1, -0.05) is 57.9 Å². The highest BCUT2D eigenvalue weighted by Crippen LogP contribution is 2.28. The number of hydrogen-bond donors (Lipinski definition) is 0. The first kappa shape index (κ1) is 23.9. The van der Waals surface area contributed by atoms with E-state index in [4.69, 9.17) is 4.99 Å². The molecule has 4 heteroatoms. The number of para-hydroxylation sites is 1. The fourth-order valence-electron chi connectivity index (χ4n) is 3.58. The minimum atomic E-state index is 0.0476. The zero-order valence-corrected chi connectivity index (χ0v) is 20.0. The second kappa shape index (κ2) is 11.1. The van der Waals surface area contributed by atoms with E-state index in [2.05, 4.69) is 64.6 Å². The first-order valence-electron chi connectivity index (χ1n) is 11.4. The number of aliphatic imine (C=N–C) groups is 1. The maximum Gasteiger partial charge on any atom is 0.262 e. The van der Waals surface area contributed by atoms with Crippen molar-refractivity contribution in [2.24, 2.45) is 10.9 Å². The minimum absolute atomic E-state index is 0.0476. The zero-order chi connectivity index (χ0) is 22.3. The van der Waals surface area contributed by atoms with E-state index in [0.717, 1.165) is 49.4 Å². The van der Waals surface area contributed by atoms with Gasteiger partial charge in [0.2, 0.25) is 0 Å². The van der Waals surface area contributed by atoms with Gasteiger partial charge in [-0.2, -0.15) is 0 Å². The van der Waals surface area contributed by atoms with E-state index in [9.17, 15) is 4.79 Å². The number of carbonyl (C=O) groups is 1. The number of likely N-dealkylation sites (N-methyl/N-ethyl adjacent to an activating group) is 1. The summed E-state index contributed by atoms with van der Waals surface area (Å²) >= 11 is 0. The van der Waals surface area contributed by atoms with Gasteiger partial charge in [-0.25, -0.2) is 4.99 Å². The van der Waals surface area contributed by atoms with Crippen LogP contribution in [-0.4, -0.2) is 36.7 Å². The molecule has 0 spiro atoms. The molecule has 1 aromatic rings. The molecule has 4 nitrogen and oxygen atoms in total. The first-order valence-corrected chi connectivity index (χ1v) is 11.4. The number of aryl methyl sites for hydroxylation is 1. The van der Waals surface area contributed by atoms with Crippen LogP contribution in [-0.2, 0) is 11.2 Å². The predicted octanol–water partition coefficient (Wildman–Crippen LogP) is 5.99. The van der Waals surface area contributed by atoms with E-state index in [1.165, 1.54) is 11.1 Å². The number of hydrogen-bond acceptors (Lipinski definition) is 3. The van der Waals surface area contributed by atoms with Crippen molar-refractivity contribution >= 4 is 17.3 Å². The van der Waals surface area contributed by atoms with E-state index in [1.807, 2.05) is 24.1 Å². The van der Waals surface area contributed by atoms with Gasteiger partial charge in [-0.15, -0.1) is 0 Å². The van der Waals surface area contributed by atoms with Crippen molar-refractivity contribution in [3.8, 4) is 0 Å². The summed E-state index contributed by atoms with van der Waals surface area (Å²) in [6.07, 6.45) is 6.02. The molecule has 0 saturated heterocycles. The largest absolute Gasteiger partial charge is 0.357 e. The lowest BCUT2D eigenvalue weighted by molar-refractivity contribution is -0.114. The van der Waals surface area contributed by atoms with Crippen LogP contribution in [0.15, 0.2) is 52.3 Å². The number of anilines is 1. The normalized spacial score (nSPS) is 17.5. The molecule has 1 amide bonds. The van der Waals surface area contributed by atoms with Crippen LogP contribution in [0, 0.1) is 5.92 Å².